The van der Waals surface area contributed by atoms with Crippen molar-refractivity contribution in [2.45, 2.75) is 19.9 Å². The second-order valence-corrected chi connectivity index (χ2v) is 7.40. The van der Waals surface area contributed by atoms with E-state index in [-0.39, 0.29) is 24.1 Å². The summed E-state index contributed by atoms with van der Waals surface area (Å²) in [5, 5.41) is 5.60. The number of anilines is 2. The van der Waals surface area contributed by atoms with Gasteiger partial charge in [0, 0.05) is 42.3 Å². The molecule has 1 atom stereocenters. The van der Waals surface area contributed by atoms with Crippen LogP contribution in [0.2, 0.25) is 0 Å². The third-order valence-corrected chi connectivity index (χ3v) is 4.82. The molecule has 2 N–H and O–H groups in total. The smallest absolute Gasteiger partial charge is 0.227 e. The van der Waals surface area contributed by atoms with Gasteiger partial charge in [-0.2, -0.15) is 0 Å². The Morgan fingerprint density at radius 1 is 1.19 bits per heavy atom. The first-order valence-corrected chi connectivity index (χ1v) is 9.42. The van der Waals surface area contributed by atoms with Gasteiger partial charge < -0.3 is 15.5 Å². The molecule has 1 fully saturated rings. The quantitative estimate of drug-likeness (QED) is 0.766. The van der Waals surface area contributed by atoms with Gasteiger partial charge in [-0.3, -0.25) is 14.4 Å². The van der Waals surface area contributed by atoms with Crippen molar-refractivity contribution in [1.82, 2.24) is 5.32 Å². The highest BCUT2D eigenvalue weighted by atomic mass is 79.9. The molecule has 2 aromatic carbocycles. The van der Waals surface area contributed by atoms with Crippen LogP contribution in [-0.2, 0) is 20.9 Å². The van der Waals surface area contributed by atoms with Gasteiger partial charge >= 0.3 is 0 Å². The van der Waals surface area contributed by atoms with E-state index in [2.05, 4.69) is 26.6 Å². The minimum absolute atomic E-state index is 0.0995. The number of carbonyl (C=O) groups is 3. The third kappa shape index (κ3) is 4.95. The van der Waals surface area contributed by atoms with Crippen LogP contribution in [0.3, 0.4) is 0 Å². The van der Waals surface area contributed by atoms with E-state index in [1.807, 2.05) is 24.3 Å². The highest BCUT2D eigenvalue weighted by molar-refractivity contribution is 9.10. The lowest BCUT2D eigenvalue weighted by Gasteiger charge is -2.18. The molecule has 6 nitrogen and oxygen atoms in total. The summed E-state index contributed by atoms with van der Waals surface area (Å²) in [5.74, 6) is -0.805. The predicted octanol–water partition coefficient (Wildman–Crippen LogP) is 3.08. The molecular weight excluding hydrogens is 410 g/mol. The van der Waals surface area contributed by atoms with E-state index in [1.54, 1.807) is 29.2 Å². The first-order chi connectivity index (χ1) is 12.9. The Hall–Kier alpha value is -2.67. The molecule has 1 saturated heterocycles. The first kappa shape index (κ1) is 19.1. The standard InChI is InChI=1S/C20H20BrN3O3/c1-13(25)23-17-6-3-7-18(10-17)24-12-15(9-19(24)26)20(27)22-11-14-4-2-5-16(21)8-14/h2-8,10,15H,9,11-12H2,1H3,(H,22,27)(H,23,25)/t15-/m1/s1. The maximum absolute atomic E-state index is 12.5. The molecule has 0 radical (unpaired) electrons. The largest absolute Gasteiger partial charge is 0.352 e. The van der Waals surface area contributed by atoms with E-state index in [9.17, 15) is 14.4 Å². The number of rotatable bonds is 5. The van der Waals surface area contributed by atoms with Crippen LogP contribution in [-0.4, -0.2) is 24.3 Å². The molecule has 0 bridgehead atoms. The summed E-state index contributed by atoms with van der Waals surface area (Å²) in [6, 6.07) is 14.8. The van der Waals surface area contributed by atoms with Crippen molar-refractivity contribution in [2.24, 2.45) is 5.92 Å². The molecule has 0 unspecified atom stereocenters. The van der Waals surface area contributed by atoms with E-state index >= 15 is 0 Å². The lowest BCUT2D eigenvalue weighted by molar-refractivity contribution is -0.126. The van der Waals surface area contributed by atoms with Crippen LogP contribution in [0.5, 0.6) is 0 Å². The topological polar surface area (TPSA) is 78.5 Å². The van der Waals surface area contributed by atoms with Gasteiger partial charge in [-0.15, -0.1) is 0 Å². The fraction of sp³-hybridized carbons (Fsp3) is 0.250. The summed E-state index contributed by atoms with van der Waals surface area (Å²) in [7, 11) is 0. The molecule has 27 heavy (non-hydrogen) atoms. The second-order valence-electron chi connectivity index (χ2n) is 6.48. The number of carbonyl (C=O) groups excluding carboxylic acids is 3. The molecule has 2 aromatic rings. The normalized spacial score (nSPS) is 16.3. The molecular formula is C20H20BrN3O3. The Morgan fingerprint density at radius 2 is 1.96 bits per heavy atom. The van der Waals surface area contributed by atoms with Crippen LogP contribution >= 0.6 is 15.9 Å². The molecule has 1 aliphatic heterocycles. The number of nitrogens with one attached hydrogen (secondary N) is 2. The van der Waals surface area contributed by atoms with Gasteiger partial charge in [-0.1, -0.05) is 34.1 Å². The molecule has 0 aromatic heterocycles. The number of benzene rings is 2. The van der Waals surface area contributed by atoms with Crippen LogP contribution in [0.15, 0.2) is 53.0 Å². The number of hydrogen-bond acceptors (Lipinski definition) is 3. The fourth-order valence-electron chi connectivity index (χ4n) is 3.07. The molecule has 1 aliphatic rings. The Labute approximate surface area is 166 Å². The number of hydrogen-bond donors (Lipinski definition) is 2. The third-order valence-electron chi connectivity index (χ3n) is 4.33. The molecule has 0 spiro atoms. The summed E-state index contributed by atoms with van der Waals surface area (Å²) < 4.78 is 0.954. The predicted molar refractivity (Wildman–Crippen MR) is 107 cm³/mol. The number of amides is 3. The van der Waals surface area contributed by atoms with E-state index in [1.165, 1.54) is 6.92 Å². The van der Waals surface area contributed by atoms with Crippen LogP contribution < -0.4 is 15.5 Å². The molecule has 1 heterocycles. The second kappa shape index (κ2) is 8.35. The highest BCUT2D eigenvalue weighted by Crippen LogP contribution is 2.27. The van der Waals surface area contributed by atoms with Gasteiger partial charge in [0.25, 0.3) is 0 Å². The van der Waals surface area contributed by atoms with Gasteiger partial charge in [0.2, 0.25) is 17.7 Å². The Morgan fingerprint density at radius 3 is 2.70 bits per heavy atom. The molecule has 3 amide bonds. The first-order valence-electron chi connectivity index (χ1n) is 8.62. The van der Waals surface area contributed by atoms with Crippen LogP contribution in [0.1, 0.15) is 18.9 Å². The zero-order valence-corrected chi connectivity index (χ0v) is 16.5. The van der Waals surface area contributed by atoms with Gasteiger partial charge in [0.1, 0.15) is 0 Å². The molecule has 0 saturated carbocycles. The van der Waals surface area contributed by atoms with E-state index < -0.39 is 5.92 Å². The summed E-state index contributed by atoms with van der Waals surface area (Å²) in [6.45, 7) is 2.17. The van der Waals surface area contributed by atoms with E-state index in [0.717, 1.165) is 10.0 Å². The van der Waals surface area contributed by atoms with Crippen LogP contribution in [0.4, 0.5) is 11.4 Å². The van der Waals surface area contributed by atoms with Crippen molar-refractivity contribution >= 4 is 45.0 Å². The minimum atomic E-state index is -0.394. The Balaban J connectivity index is 1.63. The Kier molecular flexibility index (Phi) is 5.91. The van der Waals surface area contributed by atoms with Crippen molar-refractivity contribution in [2.75, 3.05) is 16.8 Å². The minimum Gasteiger partial charge on any atom is -0.352 e. The zero-order valence-electron chi connectivity index (χ0n) is 14.9. The molecule has 3 rings (SSSR count). The molecule has 0 aliphatic carbocycles. The van der Waals surface area contributed by atoms with E-state index in [4.69, 9.17) is 0 Å². The van der Waals surface area contributed by atoms with Crippen molar-refractivity contribution in [1.29, 1.82) is 0 Å². The monoisotopic (exact) mass is 429 g/mol. The van der Waals surface area contributed by atoms with Crippen molar-refractivity contribution in [3.63, 3.8) is 0 Å². The SMILES string of the molecule is CC(=O)Nc1cccc(N2C[C@H](C(=O)NCc3cccc(Br)c3)CC2=O)c1. The summed E-state index contributed by atoms with van der Waals surface area (Å²) in [5.41, 5.74) is 2.28. The maximum Gasteiger partial charge on any atom is 0.227 e. The zero-order chi connectivity index (χ0) is 19.4. The number of nitrogens with zero attached hydrogens (tertiary/aromatic N) is 1. The Bertz CT molecular complexity index is 884. The average Bonchev–Trinajstić information content (AvgIpc) is 3.01. The molecule has 140 valence electrons. The highest BCUT2D eigenvalue weighted by Gasteiger charge is 2.35. The number of halogens is 1. The van der Waals surface area contributed by atoms with Gasteiger partial charge in [0.05, 0.1) is 5.92 Å². The summed E-state index contributed by atoms with van der Waals surface area (Å²) in [4.78, 5) is 37.7. The van der Waals surface area contributed by atoms with Gasteiger partial charge in [-0.05, 0) is 35.9 Å². The summed E-state index contributed by atoms with van der Waals surface area (Å²) in [6.07, 6.45) is 0.175. The van der Waals surface area contributed by atoms with Gasteiger partial charge in [0.15, 0.2) is 0 Å². The van der Waals surface area contributed by atoms with Crippen LogP contribution in [0, 0.1) is 5.92 Å². The van der Waals surface area contributed by atoms with Crippen molar-refractivity contribution < 1.29 is 14.4 Å². The van der Waals surface area contributed by atoms with Crippen molar-refractivity contribution in [3.05, 3.63) is 58.6 Å². The van der Waals surface area contributed by atoms with E-state index in [0.29, 0.717) is 24.5 Å². The lowest BCUT2D eigenvalue weighted by atomic mass is 10.1. The van der Waals surface area contributed by atoms with Gasteiger partial charge in [-0.25, -0.2) is 0 Å². The lowest BCUT2D eigenvalue weighted by Crippen LogP contribution is -2.32. The average molecular weight is 430 g/mol. The van der Waals surface area contributed by atoms with Crippen LogP contribution in [0.25, 0.3) is 0 Å². The fourth-order valence-corrected chi connectivity index (χ4v) is 3.51. The van der Waals surface area contributed by atoms with Crippen molar-refractivity contribution in [3.8, 4) is 0 Å². The molecule has 7 heteroatoms. The maximum atomic E-state index is 12.5. The summed E-state index contributed by atoms with van der Waals surface area (Å²) >= 11 is 3.41.